The van der Waals surface area contributed by atoms with E-state index in [-0.39, 0.29) is 6.04 Å². The third kappa shape index (κ3) is 2.27. The van der Waals surface area contributed by atoms with Gasteiger partial charge >= 0.3 is 0 Å². The maximum Gasteiger partial charge on any atom is 0.254 e. The van der Waals surface area contributed by atoms with Crippen molar-refractivity contribution >= 4 is 21.4 Å². The van der Waals surface area contributed by atoms with Gasteiger partial charge in [0.2, 0.25) is 0 Å². The highest BCUT2D eigenvalue weighted by atomic mass is 32.2. The lowest BCUT2D eigenvalue weighted by atomic mass is 10.1. The number of hydrogen-bond acceptors (Lipinski definition) is 5. The molecule has 1 aromatic heterocycles. The summed E-state index contributed by atoms with van der Waals surface area (Å²) in [5.41, 5.74) is 5.79. The van der Waals surface area contributed by atoms with Gasteiger partial charge in [0, 0.05) is 19.1 Å². The van der Waals surface area contributed by atoms with E-state index in [2.05, 4.69) is 4.98 Å². The summed E-state index contributed by atoms with van der Waals surface area (Å²) in [4.78, 5) is 3.98. The number of piperidine rings is 1. The minimum absolute atomic E-state index is 0.0439. The molecule has 1 aliphatic heterocycles. The first-order chi connectivity index (χ1) is 7.50. The van der Waals surface area contributed by atoms with Crippen molar-refractivity contribution in [3.05, 3.63) is 11.2 Å². The minimum atomic E-state index is -3.36. The molecule has 1 fully saturated rings. The van der Waals surface area contributed by atoms with Crippen LogP contribution in [0.4, 0.5) is 0 Å². The molecule has 1 saturated heterocycles. The Morgan fingerprint density at radius 1 is 1.62 bits per heavy atom. The Hall–Kier alpha value is -0.500. The second-order valence-electron chi connectivity index (χ2n) is 3.96. The van der Waals surface area contributed by atoms with Crippen molar-refractivity contribution in [2.24, 2.45) is 5.73 Å². The van der Waals surface area contributed by atoms with Gasteiger partial charge in [-0.1, -0.05) is 0 Å². The summed E-state index contributed by atoms with van der Waals surface area (Å²) in [6.45, 7) is 2.78. The average molecular weight is 261 g/mol. The molecule has 0 saturated carbocycles. The molecule has 0 aromatic carbocycles. The molecule has 7 heteroatoms. The van der Waals surface area contributed by atoms with Crippen molar-refractivity contribution in [3.8, 4) is 0 Å². The quantitative estimate of drug-likeness (QED) is 0.844. The van der Waals surface area contributed by atoms with Gasteiger partial charge in [-0.25, -0.2) is 13.4 Å². The van der Waals surface area contributed by atoms with Gasteiger partial charge in [0.15, 0.2) is 4.21 Å². The van der Waals surface area contributed by atoms with Crippen LogP contribution < -0.4 is 5.73 Å². The van der Waals surface area contributed by atoms with Crippen molar-refractivity contribution in [1.82, 2.24) is 9.29 Å². The van der Waals surface area contributed by atoms with Crippen molar-refractivity contribution in [1.29, 1.82) is 0 Å². The van der Waals surface area contributed by atoms with Crippen molar-refractivity contribution in [3.63, 3.8) is 0 Å². The van der Waals surface area contributed by atoms with Crippen LogP contribution >= 0.6 is 11.3 Å². The lowest BCUT2D eigenvalue weighted by Gasteiger charge is -2.29. The summed E-state index contributed by atoms with van der Waals surface area (Å²) in [5.74, 6) is 0. The first-order valence-electron chi connectivity index (χ1n) is 5.18. The van der Waals surface area contributed by atoms with E-state index < -0.39 is 10.0 Å². The van der Waals surface area contributed by atoms with Crippen molar-refractivity contribution < 1.29 is 8.42 Å². The maximum atomic E-state index is 12.2. The summed E-state index contributed by atoms with van der Waals surface area (Å²) in [6, 6.07) is -0.0439. The van der Waals surface area contributed by atoms with Crippen LogP contribution in [0, 0.1) is 6.92 Å². The number of nitrogens with two attached hydrogens (primary N) is 1. The molecule has 0 bridgehead atoms. The molecule has 1 unspecified atom stereocenters. The molecular formula is C9H15N3O2S2. The normalized spacial score (nSPS) is 23.5. The Morgan fingerprint density at radius 3 is 2.94 bits per heavy atom. The number of aryl methyl sites for hydroxylation is 1. The fraction of sp³-hybridized carbons (Fsp3) is 0.667. The Kier molecular flexibility index (Phi) is 3.29. The van der Waals surface area contributed by atoms with E-state index in [1.165, 1.54) is 21.8 Å². The second-order valence-corrected chi connectivity index (χ2v) is 7.36. The van der Waals surface area contributed by atoms with Gasteiger partial charge < -0.3 is 5.73 Å². The van der Waals surface area contributed by atoms with Gasteiger partial charge in [0.25, 0.3) is 10.0 Å². The molecule has 1 aromatic rings. The maximum absolute atomic E-state index is 12.2. The van der Waals surface area contributed by atoms with Gasteiger partial charge in [-0.2, -0.15) is 4.31 Å². The lowest BCUT2D eigenvalue weighted by molar-refractivity contribution is 0.316. The SMILES string of the molecule is Cc1ncc(S(=O)(=O)N2CCCC(N)C2)s1. The largest absolute Gasteiger partial charge is 0.327 e. The summed E-state index contributed by atoms with van der Waals surface area (Å²) in [7, 11) is -3.36. The zero-order chi connectivity index (χ0) is 11.8. The molecule has 0 amide bonds. The predicted octanol–water partition coefficient (Wildman–Crippen LogP) is 0.563. The predicted molar refractivity (Wildman–Crippen MR) is 62.8 cm³/mol. The first kappa shape index (κ1) is 12.0. The van der Waals surface area contributed by atoms with E-state index in [1.807, 2.05) is 0 Å². The molecule has 5 nitrogen and oxygen atoms in total. The molecule has 1 atom stereocenters. The third-order valence-corrected chi connectivity index (χ3v) is 5.83. The van der Waals surface area contributed by atoms with Gasteiger partial charge in [0.05, 0.1) is 11.2 Å². The summed E-state index contributed by atoms with van der Waals surface area (Å²) >= 11 is 1.21. The fourth-order valence-corrected chi connectivity index (χ4v) is 4.58. The average Bonchev–Trinajstić information content (AvgIpc) is 2.65. The Balaban J connectivity index is 2.25. The lowest BCUT2D eigenvalue weighted by Crippen LogP contribution is -2.45. The summed E-state index contributed by atoms with van der Waals surface area (Å²) < 4.78 is 26.2. The smallest absolute Gasteiger partial charge is 0.254 e. The van der Waals surface area contributed by atoms with Crippen LogP contribution in [0.3, 0.4) is 0 Å². The molecular weight excluding hydrogens is 246 g/mol. The molecule has 2 heterocycles. The van der Waals surface area contributed by atoms with Gasteiger partial charge in [-0.3, -0.25) is 0 Å². The van der Waals surface area contributed by atoms with E-state index in [0.717, 1.165) is 17.8 Å². The number of rotatable bonds is 2. The molecule has 1 aliphatic rings. The Morgan fingerprint density at radius 2 is 2.38 bits per heavy atom. The first-order valence-corrected chi connectivity index (χ1v) is 7.44. The fourth-order valence-electron chi connectivity index (χ4n) is 1.78. The van der Waals surface area contributed by atoms with E-state index in [9.17, 15) is 8.42 Å². The highest BCUT2D eigenvalue weighted by Gasteiger charge is 2.30. The monoisotopic (exact) mass is 261 g/mol. The zero-order valence-electron chi connectivity index (χ0n) is 9.09. The van der Waals surface area contributed by atoms with Gasteiger partial charge in [-0.15, -0.1) is 11.3 Å². The number of thiazole rings is 1. The van der Waals surface area contributed by atoms with Gasteiger partial charge in [-0.05, 0) is 19.8 Å². The van der Waals surface area contributed by atoms with Gasteiger partial charge in [0.1, 0.15) is 0 Å². The minimum Gasteiger partial charge on any atom is -0.327 e. The molecule has 90 valence electrons. The van der Waals surface area contributed by atoms with Crippen LogP contribution in [0.2, 0.25) is 0 Å². The summed E-state index contributed by atoms with van der Waals surface area (Å²) in [5, 5.41) is 0.764. The highest BCUT2D eigenvalue weighted by molar-refractivity contribution is 7.91. The molecule has 16 heavy (non-hydrogen) atoms. The molecule has 0 radical (unpaired) electrons. The molecule has 0 aliphatic carbocycles. The molecule has 0 spiro atoms. The molecule has 2 N–H and O–H groups in total. The number of nitrogens with zero attached hydrogens (tertiary/aromatic N) is 2. The summed E-state index contributed by atoms with van der Waals surface area (Å²) in [6.07, 6.45) is 3.15. The van der Waals surface area contributed by atoms with E-state index >= 15 is 0 Å². The second kappa shape index (κ2) is 4.40. The molecule has 2 rings (SSSR count). The highest BCUT2D eigenvalue weighted by Crippen LogP contribution is 2.24. The Bertz CT molecular complexity index is 469. The van der Waals surface area contributed by atoms with Crippen molar-refractivity contribution in [2.45, 2.75) is 30.0 Å². The Labute approximate surface area is 99.3 Å². The van der Waals surface area contributed by atoms with E-state index in [1.54, 1.807) is 6.92 Å². The van der Waals surface area contributed by atoms with Crippen LogP contribution in [0.1, 0.15) is 17.8 Å². The van der Waals surface area contributed by atoms with Crippen LogP contribution in [0.15, 0.2) is 10.4 Å². The third-order valence-electron chi connectivity index (χ3n) is 2.61. The van der Waals surface area contributed by atoms with Crippen LogP contribution in [-0.2, 0) is 10.0 Å². The van der Waals surface area contributed by atoms with Crippen molar-refractivity contribution in [2.75, 3.05) is 13.1 Å². The zero-order valence-corrected chi connectivity index (χ0v) is 10.7. The van der Waals surface area contributed by atoms with E-state index in [0.29, 0.717) is 17.3 Å². The number of aromatic nitrogens is 1. The van der Waals surface area contributed by atoms with E-state index in [4.69, 9.17) is 5.73 Å². The standard InChI is InChI=1S/C9H15N3O2S2/c1-7-11-5-9(15-7)16(13,14)12-4-2-3-8(10)6-12/h5,8H,2-4,6,10H2,1H3. The van der Waals surface area contributed by atoms with Crippen LogP contribution in [0.25, 0.3) is 0 Å². The van der Waals surface area contributed by atoms with Crippen LogP contribution in [0.5, 0.6) is 0 Å². The topological polar surface area (TPSA) is 76.3 Å². The number of hydrogen-bond donors (Lipinski definition) is 1. The van der Waals surface area contributed by atoms with Crippen LogP contribution in [-0.4, -0.2) is 36.8 Å². The number of sulfonamides is 1.